The zero-order chi connectivity index (χ0) is 14.1. The van der Waals surface area contributed by atoms with Gasteiger partial charge in [-0.1, -0.05) is 5.16 Å². The standard InChI is InChI=1S/C14H10FNO3S/c1-8-4-11(19-16-8)7-18-14(17)13-6-9-5-10(15)2-3-12(9)20-13/h2-6H,7H2,1H3. The number of nitrogens with zero attached hydrogens (tertiary/aromatic N) is 1. The number of aromatic nitrogens is 1. The maximum atomic E-state index is 13.1. The lowest BCUT2D eigenvalue weighted by Gasteiger charge is -1.98. The molecule has 0 unspecified atom stereocenters. The van der Waals surface area contributed by atoms with E-state index in [1.54, 1.807) is 25.1 Å². The lowest BCUT2D eigenvalue weighted by molar-refractivity contribution is 0.0443. The minimum absolute atomic E-state index is 0.0300. The highest BCUT2D eigenvalue weighted by molar-refractivity contribution is 7.20. The van der Waals surface area contributed by atoms with Gasteiger partial charge in [-0.2, -0.15) is 0 Å². The number of rotatable bonds is 3. The number of carbonyl (C=O) groups excluding carboxylic acids is 1. The predicted molar refractivity (Wildman–Crippen MR) is 72.1 cm³/mol. The maximum Gasteiger partial charge on any atom is 0.348 e. The summed E-state index contributed by atoms with van der Waals surface area (Å²) in [6.45, 7) is 1.82. The highest BCUT2D eigenvalue weighted by Crippen LogP contribution is 2.27. The Hall–Kier alpha value is -2.21. The van der Waals surface area contributed by atoms with E-state index in [1.807, 2.05) is 0 Å². The highest BCUT2D eigenvalue weighted by Gasteiger charge is 2.13. The summed E-state index contributed by atoms with van der Waals surface area (Å²) in [6, 6.07) is 7.73. The summed E-state index contributed by atoms with van der Waals surface area (Å²) >= 11 is 1.27. The van der Waals surface area contributed by atoms with Gasteiger partial charge in [0, 0.05) is 10.8 Å². The molecule has 0 saturated carbocycles. The number of ether oxygens (including phenoxy) is 1. The molecule has 0 atom stereocenters. The average molecular weight is 291 g/mol. The van der Waals surface area contributed by atoms with Crippen LogP contribution in [0.5, 0.6) is 0 Å². The minimum atomic E-state index is -0.458. The van der Waals surface area contributed by atoms with Crippen LogP contribution in [0.1, 0.15) is 21.1 Å². The van der Waals surface area contributed by atoms with Gasteiger partial charge in [-0.15, -0.1) is 11.3 Å². The smallest absolute Gasteiger partial charge is 0.348 e. The molecular formula is C14H10FNO3S. The first-order valence-electron chi connectivity index (χ1n) is 5.90. The first-order chi connectivity index (χ1) is 9.61. The summed E-state index contributed by atoms with van der Waals surface area (Å²) in [6.07, 6.45) is 0. The van der Waals surface area contributed by atoms with Gasteiger partial charge in [-0.25, -0.2) is 9.18 Å². The van der Waals surface area contributed by atoms with Crippen LogP contribution in [-0.2, 0) is 11.3 Å². The van der Waals surface area contributed by atoms with Crippen LogP contribution < -0.4 is 0 Å². The topological polar surface area (TPSA) is 52.3 Å². The molecule has 0 N–H and O–H groups in total. The van der Waals surface area contributed by atoms with E-state index in [1.165, 1.54) is 23.5 Å². The van der Waals surface area contributed by atoms with Crippen molar-refractivity contribution >= 4 is 27.4 Å². The van der Waals surface area contributed by atoms with Crippen molar-refractivity contribution in [2.24, 2.45) is 0 Å². The van der Waals surface area contributed by atoms with E-state index in [0.29, 0.717) is 16.0 Å². The number of halogens is 1. The molecule has 0 spiro atoms. The van der Waals surface area contributed by atoms with Gasteiger partial charge in [-0.3, -0.25) is 0 Å². The van der Waals surface area contributed by atoms with Gasteiger partial charge in [0.2, 0.25) is 0 Å². The number of fused-ring (bicyclic) bond motifs is 1. The number of hydrogen-bond acceptors (Lipinski definition) is 5. The molecule has 0 amide bonds. The normalized spacial score (nSPS) is 10.9. The molecule has 102 valence electrons. The second-order valence-electron chi connectivity index (χ2n) is 4.30. The monoisotopic (exact) mass is 291 g/mol. The lowest BCUT2D eigenvalue weighted by atomic mass is 10.2. The zero-order valence-electron chi connectivity index (χ0n) is 10.6. The molecule has 0 fully saturated rings. The molecule has 0 bridgehead atoms. The highest BCUT2D eigenvalue weighted by atomic mass is 32.1. The van der Waals surface area contributed by atoms with Crippen LogP contribution in [0.15, 0.2) is 34.9 Å². The Morgan fingerprint density at radius 2 is 2.25 bits per heavy atom. The Bertz CT molecular complexity index is 778. The third-order valence-corrected chi connectivity index (χ3v) is 3.80. The molecular weight excluding hydrogens is 281 g/mol. The molecule has 4 nitrogen and oxygen atoms in total. The summed E-state index contributed by atoms with van der Waals surface area (Å²) in [7, 11) is 0. The van der Waals surface area contributed by atoms with Gasteiger partial charge in [0.1, 0.15) is 10.7 Å². The second kappa shape index (κ2) is 5.05. The molecule has 2 aromatic heterocycles. The molecule has 0 aliphatic carbocycles. The van der Waals surface area contributed by atoms with Gasteiger partial charge >= 0.3 is 5.97 Å². The molecule has 0 aliphatic rings. The molecule has 3 rings (SSSR count). The van der Waals surface area contributed by atoms with Crippen molar-refractivity contribution in [2.75, 3.05) is 0 Å². The zero-order valence-corrected chi connectivity index (χ0v) is 11.4. The summed E-state index contributed by atoms with van der Waals surface area (Å²) in [5.41, 5.74) is 0.730. The van der Waals surface area contributed by atoms with E-state index >= 15 is 0 Å². The number of esters is 1. The number of hydrogen-bond donors (Lipinski definition) is 0. The fraction of sp³-hybridized carbons (Fsp3) is 0.143. The van der Waals surface area contributed by atoms with Gasteiger partial charge in [0.25, 0.3) is 0 Å². The Labute approximate surface area is 117 Å². The Morgan fingerprint density at radius 3 is 3.00 bits per heavy atom. The minimum Gasteiger partial charge on any atom is -0.453 e. The molecule has 20 heavy (non-hydrogen) atoms. The van der Waals surface area contributed by atoms with Crippen LogP contribution in [0.4, 0.5) is 4.39 Å². The Morgan fingerprint density at radius 1 is 1.40 bits per heavy atom. The maximum absolute atomic E-state index is 13.1. The van der Waals surface area contributed by atoms with Crippen LogP contribution in [0.3, 0.4) is 0 Å². The largest absolute Gasteiger partial charge is 0.453 e. The SMILES string of the molecule is Cc1cc(COC(=O)c2cc3cc(F)ccc3s2)on1. The predicted octanol–water partition coefficient (Wildman–Crippen LogP) is 3.69. The van der Waals surface area contributed by atoms with Crippen LogP contribution in [0, 0.1) is 12.7 Å². The van der Waals surface area contributed by atoms with Crippen LogP contribution in [-0.4, -0.2) is 11.1 Å². The third-order valence-electron chi connectivity index (χ3n) is 2.70. The van der Waals surface area contributed by atoms with E-state index in [-0.39, 0.29) is 12.4 Å². The van der Waals surface area contributed by atoms with Gasteiger partial charge < -0.3 is 9.26 Å². The van der Waals surface area contributed by atoms with E-state index in [9.17, 15) is 9.18 Å². The van der Waals surface area contributed by atoms with Crippen LogP contribution in [0.25, 0.3) is 10.1 Å². The Kier molecular flexibility index (Phi) is 3.23. The van der Waals surface area contributed by atoms with Crippen molar-refractivity contribution in [3.8, 4) is 0 Å². The molecule has 1 aromatic carbocycles. The first-order valence-corrected chi connectivity index (χ1v) is 6.72. The Balaban J connectivity index is 1.75. The van der Waals surface area contributed by atoms with Gasteiger partial charge in [0.15, 0.2) is 12.4 Å². The molecule has 0 radical (unpaired) electrons. The van der Waals surface area contributed by atoms with Gasteiger partial charge in [-0.05, 0) is 36.6 Å². The number of carbonyl (C=O) groups is 1. The quantitative estimate of drug-likeness (QED) is 0.690. The molecule has 6 heteroatoms. The van der Waals surface area contributed by atoms with E-state index in [0.717, 1.165) is 10.4 Å². The summed E-state index contributed by atoms with van der Waals surface area (Å²) in [4.78, 5) is 12.3. The number of benzene rings is 1. The molecule has 2 heterocycles. The lowest BCUT2D eigenvalue weighted by Crippen LogP contribution is -2.02. The van der Waals surface area contributed by atoms with Crippen LogP contribution >= 0.6 is 11.3 Å². The molecule has 3 aromatic rings. The fourth-order valence-corrected chi connectivity index (χ4v) is 2.74. The van der Waals surface area contributed by atoms with Crippen molar-refractivity contribution in [1.29, 1.82) is 0 Å². The summed E-state index contributed by atoms with van der Waals surface area (Å²) in [5, 5.41) is 4.40. The summed E-state index contributed by atoms with van der Waals surface area (Å²) in [5.74, 6) is -0.295. The molecule has 0 aliphatic heterocycles. The number of aryl methyl sites for hydroxylation is 1. The van der Waals surface area contributed by atoms with Gasteiger partial charge in [0.05, 0.1) is 5.69 Å². The van der Waals surface area contributed by atoms with Crippen molar-refractivity contribution in [2.45, 2.75) is 13.5 Å². The van der Waals surface area contributed by atoms with Crippen LogP contribution in [0.2, 0.25) is 0 Å². The average Bonchev–Trinajstić information content (AvgIpc) is 3.01. The third kappa shape index (κ3) is 2.55. The first kappa shape index (κ1) is 12.8. The van der Waals surface area contributed by atoms with Crippen molar-refractivity contribution in [1.82, 2.24) is 5.16 Å². The summed E-state index contributed by atoms with van der Waals surface area (Å²) < 4.78 is 24.0. The molecule has 0 saturated heterocycles. The van der Waals surface area contributed by atoms with E-state index in [2.05, 4.69) is 5.16 Å². The number of thiophene rings is 1. The fourth-order valence-electron chi connectivity index (χ4n) is 1.81. The van der Waals surface area contributed by atoms with Crippen molar-refractivity contribution < 1.29 is 18.4 Å². The van der Waals surface area contributed by atoms with Crippen molar-refractivity contribution in [3.63, 3.8) is 0 Å². The van der Waals surface area contributed by atoms with E-state index < -0.39 is 5.97 Å². The van der Waals surface area contributed by atoms with Crippen molar-refractivity contribution in [3.05, 3.63) is 52.5 Å². The second-order valence-corrected chi connectivity index (χ2v) is 5.39. The van der Waals surface area contributed by atoms with E-state index in [4.69, 9.17) is 9.26 Å².